The molecule has 0 atom stereocenters. The molecule has 23 heavy (non-hydrogen) atoms. The third-order valence-corrected chi connectivity index (χ3v) is 4.18. The number of carbonyl (C=O) groups is 1. The minimum Gasteiger partial charge on any atom is -0.493 e. The largest absolute Gasteiger partial charge is 0.493 e. The van der Waals surface area contributed by atoms with Gasteiger partial charge in [-0.05, 0) is 37.1 Å². The van der Waals surface area contributed by atoms with E-state index < -0.39 is 5.97 Å². The molecule has 3 nitrogen and oxygen atoms in total. The van der Waals surface area contributed by atoms with E-state index in [4.69, 9.17) is 9.84 Å². The molecule has 0 saturated carbocycles. The summed E-state index contributed by atoms with van der Waals surface area (Å²) >= 11 is 0. The Hall–Kier alpha value is -1.51. The third kappa shape index (κ3) is 8.63. The first-order valence-corrected chi connectivity index (χ1v) is 9.12. The number of hydrogen-bond donors (Lipinski definition) is 1. The highest BCUT2D eigenvalue weighted by atomic mass is 16.5. The molecule has 1 aromatic carbocycles. The van der Waals surface area contributed by atoms with Crippen LogP contribution in [0.15, 0.2) is 18.2 Å². The molecule has 0 aromatic heterocycles. The second kappa shape index (κ2) is 12.0. The van der Waals surface area contributed by atoms with Crippen LogP contribution in [0, 0.1) is 6.92 Å². The van der Waals surface area contributed by atoms with Gasteiger partial charge < -0.3 is 9.84 Å². The van der Waals surface area contributed by atoms with Crippen molar-refractivity contribution in [1.29, 1.82) is 0 Å². The third-order valence-electron chi connectivity index (χ3n) is 4.18. The van der Waals surface area contributed by atoms with Crippen LogP contribution in [0.2, 0.25) is 0 Å². The minimum absolute atomic E-state index is 0.314. The fraction of sp³-hybridized carbons (Fsp3) is 0.650. The number of aryl methyl sites for hydroxylation is 1. The lowest BCUT2D eigenvalue weighted by Crippen LogP contribution is -2.01. The molecule has 0 fully saturated rings. The molecule has 0 bridgehead atoms. The number of unbranched alkanes of at least 4 members (excludes halogenated alkanes) is 9. The number of carboxylic acid groups (broad SMARTS) is 1. The molecule has 1 N–H and O–H groups in total. The van der Waals surface area contributed by atoms with Crippen molar-refractivity contribution < 1.29 is 14.6 Å². The van der Waals surface area contributed by atoms with Crippen molar-refractivity contribution in [3.8, 4) is 5.75 Å². The van der Waals surface area contributed by atoms with Crippen LogP contribution < -0.4 is 4.74 Å². The molecular formula is C20H32O3. The molecule has 1 rings (SSSR count). The zero-order valence-corrected chi connectivity index (χ0v) is 14.8. The Labute approximate surface area is 141 Å². The summed E-state index contributed by atoms with van der Waals surface area (Å²) in [6.07, 6.45) is 13.1. The van der Waals surface area contributed by atoms with Crippen molar-refractivity contribution >= 4 is 5.97 Å². The van der Waals surface area contributed by atoms with Gasteiger partial charge in [0, 0.05) is 0 Å². The topological polar surface area (TPSA) is 46.5 Å². The van der Waals surface area contributed by atoms with Crippen molar-refractivity contribution in [3.63, 3.8) is 0 Å². The Balaban J connectivity index is 2.04. The molecule has 0 aliphatic carbocycles. The molecule has 0 heterocycles. The molecule has 0 saturated heterocycles. The van der Waals surface area contributed by atoms with Gasteiger partial charge in [-0.1, -0.05) is 64.7 Å². The molecule has 0 amide bonds. The average Bonchev–Trinajstić information content (AvgIpc) is 2.53. The Bertz CT molecular complexity index is 454. The lowest BCUT2D eigenvalue weighted by atomic mass is 10.1. The van der Waals surface area contributed by atoms with Crippen LogP contribution >= 0.6 is 0 Å². The van der Waals surface area contributed by atoms with Gasteiger partial charge >= 0.3 is 5.97 Å². The highest BCUT2D eigenvalue weighted by Crippen LogP contribution is 2.19. The first kappa shape index (κ1) is 19.5. The Morgan fingerprint density at radius 3 is 2.04 bits per heavy atom. The van der Waals surface area contributed by atoms with Crippen LogP contribution in [0.1, 0.15) is 87.1 Å². The van der Waals surface area contributed by atoms with Gasteiger partial charge in [0.05, 0.1) is 12.2 Å². The number of benzene rings is 1. The standard InChI is InChI=1S/C20H32O3/c1-3-4-5-6-7-8-9-10-11-12-15-23-19-14-13-18(20(21)22)16-17(19)2/h13-14,16H,3-12,15H2,1-2H3,(H,21,22). The smallest absolute Gasteiger partial charge is 0.335 e. The summed E-state index contributed by atoms with van der Waals surface area (Å²) in [6, 6.07) is 5.02. The van der Waals surface area contributed by atoms with Gasteiger partial charge in [-0.25, -0.2) is 4.79 Å². The van der Waals surface area contributed by atoms with Gasteiger partial charge in [0.25, 0.3) is 0 Å². The van der Waals surface area contributed by atoms with E-state index in [2.05, 4.69) is 6.92 Å². The normalized spacial score (nSPS) is 10.7. The summed E-state index contributed by atoms with van der Waals surface area (Å²) < 4.78 is 5.75. The lowest BCUT2D eigenvalue weighted by molar-refractivity contribution is 0.0696. The maximum atomic E-state index is 10.9. The van der Waals surface area contributed by atoms with Crippen LogP contribution in [-0.2, 0) is 0 Å². The molecule has 3 heteroatoms. The van der Waals surface area contributed by atoms with Crippen LogP contribution in [0.5, 0.6) is 5.75 Å². The Morgan fingerprint density at radius 1 is 0.957 bits per heavy atom. The number of hydrogen-bond acceptors (Lipinski definition) is 2. The zero-order chi connectivity index (χ0) is 16.9. The molecule has 130 valence electrons. The van der Waals surface area contributed by atoms with Crippen LogP contribution in [0.25, 0.3) is 0 Å². The SMILES string of the molecule is CCCCCCCCCCCCOc1ccc(C(=O)O)cc1C. The van der Waals surface area contributed by atoms with Gasteiger partial charge in [-0.3, -0.25) is 0 Å². The summed E-state index contributed by atoms with van der Waals surface area (Å²) in [6.45, 7) is 4.86. The van der Waals surface area contributed by atoms with Crippen LogP contribution in [-0.4, -0.2) is 17.7 Å². The van der Waals surface area contributed by atoms with E-state index in [1.807, 2.05) is 6.92 Å². The van der Waals surface area contributed by atoms with E-state index in [1.165, 1.54) is 57.8 Å². The van der Waals surface area contributed by atoms with E-state index in [0.717, 1.165) is 17.7 Å². The zero-order valence-electron chi connectivity index (χ0n) is 14.8. The van der Waals surface area contributed by atoms with E-state index >= 15 is 0 Å². The number of aromatic carboxylic acids is 1. The van der Waals surface area contributed by atoms with E-state index in [-0.39, 0.29) is 0 Å². The second-order valence-corrected chi connectivity index (χ2v) is 6.32. The molecule has 0 aliphatic heterocycles. The van der Waals surface area contributed by atoms with E-state index in [1.54, 1.807) is 18.2 Å². The summed E-state index contributed by atoms with van der Waals surface area (Å²) in [4.78, 5) is 10.9. The first-order chi connectivity index (χ1) is 11.1. The molecule has 0 spiro atoms. The number of carboxylic acids is 1. The van der Waals surface area contributed by atoms with E-state index in [9.17, 15) is 4.79 Å². The highest BCUT2D eigenvalue weighted by Gasteiger charge is 2.06. The number of rotatable bonds is 13. The summed E-state index contributed by atoms with van der Waals surface area (Å²) in [5, 5.41) is 8.94. The first-order valence-electron chi connectivity index (χ1n) is 9.12. The summed E-state index contributed by atoms with van der Waals surface area (Å²) in [5.74, 6) is -0.0970. The Morgan fingerprint density at radius 2 is 1.52 bits per heavy atom. The maximum Gasteiger partial charge on any atom is 0.335 e. The van der Waals surface area contributed by atoms with Crippen molar-refractivity contribution in [3.05, 3.63) is 29.3 Å². The fourth-order valence-electron chi connectivity index (χ4n) is 2.72. The van der Waals surface area contributed by atoms with Crippen LogP contribution in [0.4, 0.5) is 0 Å². The highest BCUT2D eigenvalue weighted by molar-refractivity contribution is 5.88. The fourth-order valence-corrected chi connectivity index (χ4v) is 2.72. The van der Waals surface area contributed by atoms with Crippen molar-refractivity contribution in [1.82, 2.24) is 0 Å². The summed E-state index contributed by atoms with van der Waals surface area (Å²) in [7, 11) is 0. The second-order valence-electron chi connectivity index (χ2n) is 6.32. The molecular weight excluding hydrogens is 288 g/mol. The van der Waals surface area contributed by atoms with Crippen molar-refractivity contribution in [2.45, 2.75) is 78.1 Å². The molecule has 1 aromatic rings. The number of ether oxygens (including phenoxy) is 1. The van der Waals surface area contributed by atoms with Gasteiger partial charge in [-0.15, -0.1) is 0 Å². The van der Waals surface area contributed by atoms with Gasteiger partial charge in [-0.2, -0.15) is 0 Å². The molecule has 0 unspecified atom stereocenters. The summed E-state index contributed by atoms with van der Waals surface area (Å²) in [5.41, 5.74) is 1.20. The average molecular weight is 320 g/mol. The monoisotopic (exact) mass is 320 g/mol. The molecule has 0 radical (unpaired) electrons. The van der Waals surface area contributed by atoms with Crippen molar-refractivity contribution in [2.24, 2.45) is 0 Å². The quantitative estimate of drug-likeness (QED) is 0.454. The predicted molar refractivity (Wildman–Crippen MR) is 95.5 cm³/mol. The predicted octanol–water partition coefficient (Wildman–Crippen LogP) is 5.99. The van der Waals surface area contributed by atoms with Gasteiger partial charge in [0.2, 0.25) is 0 Å². The molecule has 0 aliphatic rings. The van der Waals surface area contributed by atoms with Gasteiger partial charge in [0.15, 0.2) is 0 Å². The van der Waals surface area contributed by atoms with Crippen molar-refractivity contribution in [2.75, 3.05) is 6.61 Å². The minimum atomic E-state index is -0.894. The maximum absolute atomic E-state index is 10.9. The van der Waals surface area contributed by atoms with Crippen LogP contribution in [0.3, 0.4) is 0 Å². The Kier molecular flexibility index (Phi) is 10.2. The lowest BCUT2D eigenvalue weighted by Gasteiger charge is -2.09. The van der Waals surface area contributed by atoms with Gasteiger partial charge in [0.1, 0.15) is 5.75 Å². The van der Waals surface area contributed by atoms with E-state index in [0.29, 0.717) is 12.2 Å².